The van der Waals surface area contributed by atoms with Crippen molar-refractivity contribution in [1.29, 1.82) is 5.26 Å². The molecule has 2 heterocycles. The summed E-state index contributed by atoms with van der Waals surface area (Å²) >= 11 is 0. The molecule has 0 unspecified atom stereocenters. The Morgan fingerprint density at radius 3 is 2.23 bits per heavy atom. The summed E-state index contributed by atoms with van der Waals surface area (Å²) in [6.45, 7) is 1.09. The SMILES string of the molecule is Cn1nnnc1C1(CCNCC(=O)N2CCC[C@H]2C#N)c2ccc(C(N)=O)cc2CCc2cc(C(N)=O)ccc21. The molecule has 0 radical (unpaired) electrons. The molecular weight excluding hydrogens is 510 g/mol. The van der Waals surface area contributed by atoms with Gasteiger partial charge in [-0.2, -0.15) is 5.26 Å². The minimum atomic E-state index is -0.884. The zero-order chi connectivity index (χ0) is 28.4. The van der Waals surface area contributed by atoms with Gasteiger partial charge in [-0.25, -0.2) is 4.68 Å². The molecule has 1 fully saturated rings. The Hall–Kier alpha value is -4.63. The van der Waals surface area contributed by atoms with Crippen molar-refractivity contribution in [2.45, 2.75) is 43.6 Å². The molecule has 5 N–H and O–H groups in total. The number of amides is 3. The van der Waals surface area contributed by atoms with E-state index in [1.807, 2.05) is 24.3 Å². The van der Waals surface area contributed by atoms with Crippen molar-refractivity contribution in [1.82, 2.24) is 30.4 Å². The second kappa shape index (κ2) is 10.9. The predicted octanol–water partition coefficient (Wildman–Crippen LogP) is 0.335. The summed E-state index contributed by atoms with van der Waals surface area (Å²) in [4.78, 5) is 38.6. The summed E-state index contributed by atoms with van der Waals surface area (Å²) in [5, 5.41) is 25.2. The quantitative estimate of drug-likeness (QED) is 0.341. The number of carbonyl (C=O) groups excluding carboxylic acids is 3. The van der Waals surface area contributed by atoms with E-state index in [1.54, 1.807) is 28.8 Å². The molecule has 1 atom stereocenters. The molecule has 0 spiro atoms. The fourth-order valence-electron chi connectivity index (χ4n) is 6.14. The summed E-state index contributed by atoms with van der Waals surface area (Å²) in [5.41, 5.74) is 14.8. The van der Waals surface area contributed by atoms with Crippen LogP contribution < -0.4 is 16.8 Å². The molecule has 12 heteroatoms. The van der Waals surface area contributed by atoms with Crippen LogP contribution in [0.2, 0.25) is 0 Å². The number of benzene rings is 2. The van der Waals surface area contributed by atoms with Crippen molar-refractivity contribution in [3.63, 3.8) is 0 Å². The van der Waals surface area contributed by atoms with Crippen LogP contribution in [0.15, 0.2) is 36.4 Å². The van der Waals surface area contributed by atoms with Gasteiger partial charge in [-0.15, -0.1) is 5.10 Å². The summed E-state index contributed by atoms with van der Waals surface area (Å²) in [6, 6.07) is 12.6. The smallest absolute Gasteiger partial charge is 0.248 e. The number of nitriles is 1. The van der Waals surface area contributed by atoms with Gasteiger partial charge in [0.25, 0.3) is 0 Å². The molecule has 3 amide bonds. The van der Waals surface area contributed by atoms with Crippen LogP contribution in [0.4, 0.5) is 0 Å². The van der Waals surface area contributed by atoms with Gasteiger partial charge in [0.05, 0.1) is 18.0 Å². The first-order valence-electron chi connectivity index (χ1n) is 13.3. The van der Waals surface area contributed by atoms with Gasteiger partial charge < -0.3 is 21.7 Å². The highest BCUT2D eigenvalue weighted by Gasteiger charge is 2.45. The number of hydrogen-bond acceptors (Lipinski definition) is 8. The molecule has 1 aromatic heterocycles. The molecule has 1 aliphatic heterocycles. The molecule has 0 bridgehead atoms. The fraction of sp³-hybridized carbons (Fsp3) is 0.393. The minimum absolute atomic E-state index is 0.0895. The molecule has 2 aromatic carbocycles. The average molecular weight is 542 g/mol. The lowest BCUT2D eigenvalue weighted by Crippen LogP contribution is -2.42. The Kier molecular flexibility index (Phi) is 7.32. The maximum atomic E-state index is 12.9. The number of hydrogen-bond donors (Lipinski definition) is 3. The Morgan fingerprint density at radius 2 is 1.70 bits per heavy atom. The maximum Gasteiger partial charge on any atom is 0.248 e. The highest BCUT2D eigenvalue weighted by atomic mass is 16.2. The van der Waals surface area contributed by atoms with E-state index >= 15 is 0 Å². The number of aryl methyl sites for hydroxylation is 3. The molecule has 0 saturated carbocycles. The van der Waals surface area contributed by atoms with Crippen LogP contribution in [0.1, 0.15) is 68.1 Å². The zero-order valence-corrected chi connectivity index (χ0v) is 22.3. The van der Waals surface area contributed by atoms with Crippen LogP contribution in [0.25, 0.3) is 0 Å². The van der Waals surface area contributed by atoms with Gasteiger partial charge in [-0.3, -0.25) is 14.4 Å². The molecular formula is C28H31N9O3. The third-order valence-electron chi connectivity index (χ3n) is 8.04. The molecule has 3 aromatic rings. The van der Waals surface area contributed by atoms with Crippen molar-refractivity contribution in [2.24, 2.45) is 18.5 Å². The summed E-state index contributed by atoms with van der Waals surface area (Å²) in [5.74, 6) is -0.585. The first-order valence-corrected chi connectivity index (χ1v) is 13.3. The normalized spacial score (nSPS) is 17.4. The topological polar surface area (TPSA) is 186 Å². The lowest BCUT2D eigenvalue weighted by Gasteiger charge is -2.35. The Morgan fingerprint density at radius 1 is 1.07 bits per heavy atom. The number of likely N-dealkylation sites (tertiary alicyclic amines) is 1. The second-order valence-electron chi connectivity index (χ2n) is 10.3. The zero-order valence-electron chi connectivity index (χ0n) is 22.3. The summed E-state index contributed by atoms with van der Waals surface area (Å²) in [6.07, 6.45) is 3.16. The number of rotatable bonds is 8. The Balaban J connectivity index is 1.58. The standard InChI is InChI=1S/C28H31N9O3/c1-36-27(33-34-35-36)28(10-11-32-16-24(38)37-12-2-3-21(37)15-29)22-8-6-19(25(30)39)13-17(22)4-5-18-14-20(26(31)40)7-9-23(18)28/h6-9,13-14,21,32H,2-5,10-12,16H2,1H3,(H2,30,39)(H2,31,40)/t21-/m0/s1. The van der Waals surface area contributed by atoms with E-state index in [2.05, 4.69) is 26.9 Å². The van der Waals surface area contributed by atoms with E-state index < -0.39 is 17.2 Å². The number of primary amides is 2. The van der Waals surface area contributed by atoms with E-state index in [1.165, 1.54) is 0 Å². The molecule has 12 nitrogen and oxygen atoms in total. The maximum absolute atomic E-state index is 12.9. The van der Waals surface area contributed by atoms with E-state index in [4.69, 9.17) is 11.5 Å². The van der Waals surface area contributed by atoms with Crippen LogP contribution in [0, 0.1) is 11.3 Å². The van der Waals surface area contributed by atoms with E-state index in [-0.39, 0.29) is 18.5 Å². The molecule has 5 rings (SSSR count). The second-order valence-corrected chi connectivity index (χ2v) is 10.3. The molecule has 1 aliphatic carbocycles. The highest BCUT2D eigenvalue weighted by molar-refractivity contribution is 5.94. The number of fused-ring (bicyclic) bond motifs is 2. The number of aromatic nitrogens is 4. The van der Waals surface area contributed by atoms with Crippen LogP contribution in [0.3, 0.4) is 0 Å². The minimum Gasteiger partial charge on any atom is -0.366 e. The van der Waals surface area contributed by atoms with Crippen LogP contribution >= 0.6 is 0 Å². The third kappa shape index (κ3) is 4.69. The molecule has 1 saturated heterocycles. The number of tetrazole rings is 1. The Labute approximate surface area is 231 Å². The number of nitrogens with zero attached hydrogens (tertiary/aromatic N) is 6. The first kappa shape index (κ1) is 27.0. The lowest BCUT2D eigenvalue weighted by molar-refractivity contribution is -0.130. The van der Waals surface area contributed by atoms with Gasteiger partial charge in [0.1, 0.15) is 6.04 Å². The highest BCUT2D eigenvalue weighted by Crippen LogP contribution is 2.46. The Bertz CT molecular complexity index is 1460. The summed E-state index contributed by atoms with van der Waals surface area (Å²) in [7, 11) is 1.77. The van der Waals surface area contributed by atoms with E-state index in [9.17, 15) is 19.6 Å². The molecule has 2 aliphatic rings. The van der Waals surface area contributed by atoms with Crippen molar-refractivity contribution < 1.29 is 14.4 Å². The van der Waals surface area contributed by atoms with Crippen LogP contribution in [-0.4, -0.2) is 68.5 Å². The fourth-order valence-corrected chi connectivity index (χ4v) is 6.14. The van der Waals surface area contributed by atoms with E-state index in [0.717, 1.165) is 28.7 Å². The van der Waals surface area contributed by atoms with Crippen molar-refractivity contribution in [3.05, 3.63) is 75.6 Å². The van der Waals surface area contributed by atoms with Gasteiger partial charge in [0, 0.05) is 24.7 Å². The van der Waals surface area contributed by atoms with Crippen molar-refractivity contribution in [2.75, 3.05) is 19.6 Å². The van der Waals surface area contributed by atoms with Crippen LogP contribution in [-0.2, 0) is 30.1 Å². The van der Waals surface area contributed by atoms with Gasteiger partial charge >= 0.3 is 0 Å². The third-order valence-corrected chi connectivity index (χ3v) is 8.04. The van der Waals surface area contributed by atoms with E-state index in [0.29, 0.717) is 55.7 Å². The largest absolute Gasteiger partial charge is 0.366 e. The number of carbonyl (C=O) groups is 3. The average Bonchev–Trinajstić information content (AvgIpc) is 3.58. The molecule has 40 heavy (non-hydrogen) atoms. The number of nitrogens with two attached hydrogens (primary N) is 2. The van der Waals surface area contributed by atoms with Crippen molar-refractivity contribution in [3.8, 4) is 6.07 Å². The summed E-state index contributed by atoms with van der Waals surface area (Å²) < 4.78 is 1.62. The van der Waals surface area contributed by atoms with Crippen molar-refractivity contribution >= 4 is 17.7 Å². The number of nitrogens with one attached hydrogen (secondary N) is 1. The van der Waals surface area contributed by atoms with Gasteiger partial charge in [-0.05, 0) is 95.6 Å². The monoisotopic (exact) mass is 541 g/mol. The predicted molar refractivity (Wildman–Crippen MR) is 144 cm³/mol. The van der Waals surface area contributed by atoms with Gasteiger partial charge in [0.15, 0.2) is 5.82 Å². The van der Waals surface area contributed by atoms with Gasteiger partial charge in [0.2, 0.25) is 17.7 Å². The first-order chi connectivity index (χ1) is 19.3. The lowest BCUT2D eigenvalue weighted by atomic mass is 9.69. The van der Waals surface area contributed by atoms with Gasteiger partial charge in [-0.1, -0.05) is 12.1 Å². The van der Waals surface area contributed by atoms with Crippen LogP contribution in [0.5, 0.6) is 0 Å². The molecule has 206 valence electrons.